The molecule has 0 saturated carbocycles. The maximum absolute atomic E-state index is 4.25. The summed E-state index contributed by atoms with van der Waals surface area (Å²) >= 11 is 0. The second-order valence-electron chi connectivity index (χ2n) is 2.41. The van der Waals surface area contributed by atoms with Crippen LogP contribution in [0.5, 0.6) is 0 Å². The molecule has 3 nitrogen and oxygen atoms in total. The third kappa shape index (κ3) is 1.90. The van der Waals surface area contributed by atoms with E-state index in [1.54, 1.807) is 0 Å². The number of nitrogens with one attached hydrogen (secondary N) is 1. The van der Waals surface area contributed by atoms with Crippen molar-refractivity contribution in [2.75, 3.05) is 12.4 Å². The van der Waals surface area contributed by atoms with E-state index >= 15 is 0 Å². The van der Waals surface area contributed by atoms with E-state index in [0.717, 1.165) is 23.8 Å². The van der Waals surface area contributed by atoms with Gasteiger partial charge in [0.25, 0.3) is 0 Å². The van der Waals surface area contributed by atoms with E-state index < -0.39 is 0 Å². The van der Waals surface area contributed by atoms with Crippen molar-refractivity contribution in [3.8, 4) is 0 Å². The van der Waals surface area contributed by atoms with Crippen LogP contribution >= 0.6 is 0 Å². The molecule has 11 heavy (non-hydrogen) atoms. The van der Waals surface area contributed by atoms with Gasteiger partial charge < -0.3 is 5.32 Å². The number of aromatic nitrogens is 2. The van der Waals surface area contributed by atoms with Gasteiger partial charge in [-0.3, -0.25) is 0 Å². The fourth-order valence-electron chi connectivity index (χ4n) is 0.916. The first-order chi connectivity index (χ1) is 5.26. The molecule has 1 rings (SSSR count). The molecule has 0 spiro atoms. The smallest absolute Gasteiger partial charge is 0.130 e. The Hall–Kier alpha value is -1.12. The predicted octanol–water partition coefficient (Wildman–Crippen LogP) is 1.39. The highest BCUT2D eigenvalue weighted by Crippen LogP contribution is 2.04. The number of hydrogen-bond acceptors (Lipinski definition) is 3. The summed E-state index contributed by atoms with van der Waals surface area (Å²) in [5, 5.41) is 2.99. The Labute approximate surface area is 66.9 Å². The Morgan fingerprint density at radius 3 is 2.73 bits per heavy atom. The molecular weight excluding hydrogens is 138 g/mol. The molecule has 0 amide bonds. The maximum Gasteiger partial charge on any atom is 0.130 e. The van der Waals surface area contributed by atoms with E-state index in [4.69, 9.17) is 0 Å². The highest BCUT2D eigenvalue weighted by Gasteiger charge is 1.96. The van der Waals surface area contributed by atoms with Gasteiger partial charge in [-0.05, 0) is 6.92 Å². The molecule has 1 N–H and O–H groups in total. The van der Waals surface area contributed by atoms with Crippen LogP contribution in [0, 0.1) is 6.92 Å². The lowest BCUT2D eigenvalue weighted by Crippen LogP contribution is -2.00. The molecule has 0 bridgehead atoms. The lowest BCUT2D eigenvalue weighted by atomic mass is 10.4. The van der Waals surface area contributed by atoms with Gasteiger partial charge in [-0.2, -0.15) is 0 Å². The monoisotopic (exact) mass is 151 g/mol. The number of rotatable bonds is 2. The van der Waals surface area contributed by atoms with Crippen LogP contribution in [0.2, 0.25) is 0 Å². The summed E-state index contributed by atoms with van der Waals surface area (Å²) in [4.78, 5) is 8.50. The Morgan fingerprint density at radius 1 is 1.45 bits per heavy atom. The van der Waals surface area contributed by atoms with Gasteiger partial charge in [0.2, 0.25) is 0 Å². The number of aryl methyl sites for hydroxylation is 2. The van der Waals surface area contributed by atoms with Gasteiger partial charge in [0.05, 0.1) is 0 Å². The number of anilines is 1. The fourth-order valence-corrected chi connectivity index (χ4v) is 0.916. The van der Waals surface area contributed by atoms with E-state index in [0.29, 0.717) is 0 Å². The van der Waals surface area contributed by atoms with E-state index in [2.05, 4.69) is 15.3 Å². The molecule has 1 aromatic heterocycles. The Morgan fingerprint density at radius 2 is 2.18 bits per heavy atom. The topological polar surface area (TPSA) is 37.8 Å². The van der Waals surface area contributed by atoms with Gasteiger partial charge in [-0.25, -0.2) is 9.97 Å². The molecule has 0 aliphatic rings. The van der Waals surface area contributed by atoms with Crippen LogP contribution < -0.4 is 5.32 Å². The summed E-state index contributed by atoms with van der Waals surface area (Å²) in [5.41, 5.74) is 1.02. The van der Waals surface area contributed by atoms with Crippen LogP contribution in [0.3, 0.4) is 0 Å². The van der Waals surface area contributed by atoms with Gasteiger partial charge >= 0.3 is 0 Å². The lowest BCUT2D eigenvalue weighted by molar-refractivity contribution is 0.920. The van der Waals surface area contributed by atoms with Crippen LogP contribution in [0.25, 0.3) is 0 Å². The summed E-state index contributed by atoms with van der Waals surface area (Å²) in [7, 11) is 1.86. The zero-order valence-corrected chi connectivity index (χ0v) is 7.18. The average Bonchev–Trinajstić information content (AvgIpc) is 2.03. The Bertz CT molecular complexity index is 223. The van der Waals surface area contributed by atoms with Crippen LogP contribution in [0.15, 0.2) is 6.07 Å². The predicted molar refractivity (Wildman–Crippen MR) is 45.7 cm³/mol. The third-order valence-electron chi connectivity index (χ3n) is 1.47. The van der Waals surface area contributed by atoms with Crippen molar-refractivity contribution < 1.29 is 0 Å². The zero-order chi connectivity index (χ0) is 8.27. The van der Waals surface area contributed by atoms with Crippen molar-refractivity contribution in [1.29, 1.82) is 0 Å². The van der Waals surface area contributed by atoms with Crippen molar-refractivity contribution in [3.05, 3.63) is 17.6 Å². The summed E-state index contributed by atoms with van der Waals surface area (Å²) in [5.74, 6) is 1.80. The zero-order valence-electron chi connectivity index (χ0n) is 7.18. The molecule has 0 aromatic carbocycles. The van der Waals surface area contributed by atoms with Crippen LogP contribution in [0.1, 0.15) is 18.4 Å². The third-order valence-corrected chi connectivity index (χ3v) is 1.47. The van der Waals surface area contributed by atoms with Crippen LogP contribution in [-0.2, 0) is 6.42 Å². The molecule has 0 saturated heterocycles. The maximum atomic E-state index is 4.25. The molecule has 1 heterocycles. The van der Waals surface area contributed by atoms with E-state index in [1.165, 1.54) is 0 Å². The molecule has 0 aliphatic carbocycles. The minimum atomic E-state index is 0.885. The summed E-state index contributed by atoms with van der Waals surface area (Å²) in [6, 6.07) is 1.93. The second-order valence-corrected chi connectivity index (χ2v) is 2.41. The molecule has 60 valence electrons. The van der Waals surface area contributed by atoms with Crippen molar-refractivity contribution in [3.63, 3.8) is 0 Å². The Kier molecular flexibility index (Phi) is 2.41. The molecule has 0 unspecified atom stereocenters. The van der Waals surface area contributed by atoms with Crippen molar-refractivity contribution in [2.24, 2.45) is 0 Å². The summed E-state index contributed by atoms with van der Waals surface area (Å²) in [6.45, 7) is 4.02. The highest BCUT2D eigenvalue weighted by atomic mass is 15.0. The minimum absolute atomic E-state index is 0.885. The molecule has 3 heteroatoms. The van der Waals surface area contributed by atoms with E-state index in [1.807, 2.05) is 27.0 Å². The lowest BCUT2D eigenvalue weighted by Gasteiger charge is -2.02. The standard InChI is InChI=1S/C8H13N3/c1-4-7-10-6(2)5-8(9-3)11-7/h5H,4H2,1-3H3,(H,9,10,11). The summed E-state index contributed by atoms with van der Waals surface area (Å²) in [6.07, 6.45) is 0.885. The Balaban J connectivity index is 3.02. The van der Waals surface area contributed by atoms with Gasteiger partial charge in [0.15, 0.2) is 0 Å². The fraction of sp³-hybridized carbons (Fsp3) is 0.500. The number of nitrogens with zero attached hydrogens (tertiary/aromatic N) is 2. The molecule has 0 fully saturated rings. The minimum Gasteiger partial charge on any atom is -0.373 e. The quantitative estimate of drug-likeness (QED) is 0.694. The van der Waals surface area contributed by atoms with Gasteiger partial charge in [0.1, 0.15) is 11.6 Å². The second kappa shape index (κ2) is 3.32. The molecule has 0 aliphatic heterocycles. The van der Waals surface area contributed by atoms with Crippen molar-refractivity contribution in [2.45, 2.75) is 20.3 Å². The van der Waals surface area contributed by atoms with Crippen LogP contribution in [-0.4, -0.2) is 17.0 Å². The van der Waals surface area contributed by atoms with Crippen molar-refractivity contribution in [1.82, 2.24) is 9.97 Å². The van der Waals surface area contributed by atoms with Gasteiger partial charge in [-0.15, -0.1) is 0 Å². The molecule has 1 aromatic rings. The van der Waals surface area contributed by atoms with Gasteiger partial charge in [-0.1, -0.05) is 6.92 Å². The first-order valence-electron chi connectivity index (χ1n) is 3.78. The van der Waals surface area contributed by atoms with E-state index in [9.17, 15) is 0 Å². The van der Waals surface area contributed by atoms with Crippen molar-refractivity contribution >= 4 is 5.82 Å². The first-order valence-corrected chi connectivity index (χ1v) is 3.78. The highest BCUT2D eigenvalue weighted by molar-refractivity contribution is 5.34. The van der Waals surface area contributed by atoms with Crippen LogP contribution in [0.4, 0.5) is 5.82 Å². The SMILES string of the molecule is CCc1nc(C)cc(NC)n1. The van der Waals surface area contributed by atoms with Gasteiger partial charge in [0, 0.05) is 25.2 Å². The molecule has 0 atom stereocenters. The normalized spacial score (nSPS) is 9.73. The molecule has 0 radical (unpaired) electrons. The summed E-state index contributed by atoms with van der Waals surface area (Å²) < 4.78 is 0. The molecular formula is C8H13N3. The average molecular weight is 151 g/mol. The number of hydrogen-bond donors (Lipinski definition) is 1. The largest absolute Gasteiger partial charge is 0.373 e. The van der Waals surface area contributed by atoms with E-state index in [-0.39, 0.29) is 0 Å². The first kappa shape index (κ1) is 7.98.